The Labute approximate surface area is 97.2 Å². The molecule has 4 nitrogen and oxygen atoms in total. The van der Waals surface area contributed by atoms with E-state index in [4.69, 9.17) is 5.11 Å². The molecule has 0 radical (unpaired) electrons. The number of carbonyl (C=O) groups excluding carboxylic acids is 1. The van der Waals surface area contributed by atoms with Crippen molar-refractivity contribution in [2.24, 2.45) is 5.92 Å². The van der Waals surface area contributed by atoms with Crippen molar-refractivity contribution >= 4 is 11.9 Å². The lowest BCUT2D eigenvalue weighted by molar-refractivity contribution is -0.180. The highest BCUT2D eigenvalue weighted by molar-refractivity contribution is 5.85. The minimum Gasteiger partial charge on any atom is -0.480 e. The summed E-state index contributed by atoms with van der Waals surface area (Å²) >= 11 is 0. The van der Waals surface area contributed by atoms with Crippen molar-refractivity contribution in [2.75, 3.05) is 0 Å². The number of alkyl halides is 3. The predicted molar refractivity (Wildman–Crippen MR) is 54.3 cm³/mol. The number of carboxylic acid groups (broad SMARTS) is 1. The van der Waals surface area contributed by atoms with E-state index in [-0.39, 0.29) is 6.42 Å². The van der Waals surface area contributed by atoms with E-state index in [9.17, 15) is 22.8 Å². The van der Waals surface area contributed by atoms with Crippen LogP contribution in [0.25, 0.3) is 0 Å². The molecule has 0 aliphatic rings. The van der Waals surface area contributed by atoms with Gasteiger partial charge in [0.1, 0.15) is 12.0 Å². The van der Waals surface area contributed by atoms with Crippen LogP contribution in [0.5, 0.6) is 0 Å². The van der Waals surface area contributed by atoms with Crippen molar-refractivity contribution in [3.8, 4) is 0 Å². The monoisotopic (exact) mass is 255 g/mol. The van der Waals surface area contributed by atoms with E-state index in [1.165, 1.54) is 0 Å². The van der Waals surface area contributed by atoms with Gasteiger partial charge in [0.15, 0.2) is 0 Å². The number of rotatable bonds is 6. The first-order valence-electron chi connectivity index (χ1n) is 5.30. The minimum atomic E-state index is -4.65. The van der Waals surface area contributed by atoms with Crippen molar-refractivity contribution in [1.29, 1.82) is 0 Å². The lowest BCUT2D eigenvalue weighted by Crippen LogP contribution is -2.46. The van der Waals surface area contributed by atoms with Crippen molar-refractivity contribution in [3.05, 3.63) is 0 Å². The number of carboxylic acids is 1. The van der Waals surface area contributed by atoms with Gasteiger partial charge >= 0.3 is 12.1 Å². The maximum Gasteiger partial charge on any atom is 0.400 e. The van der Waals surface area contributed by atoms with Gasteiger partial charge < -0.3 is 10.4 Å². The largest absolute Gasteiger partial charge is 0.480 e. The number of carbonyl (C=O) groups is 2. The molecule has 0 bridgehead atoms. The summed E-state index contributed by atoms with van der Waals surface area (Å²) in [5, 5.41) is 10.6. The molecule has 2 N–H and O–H groups in total. The van der Waals surface area contributed by atoms with Crippen LogP contribution < -0.4 is 5.32 Å². The fourth-order valence-electron chi connectivity index (χ4n) is 1.11. The number of hydrogen-bond donors (Lipinski definition) is 2. The molecule has 0 aliphatic carbocycles. The SMILES string of the molecule is CCCCC(NC(=O)C(C)C(F)(F)F)C(=O)O. The van der Waals surface area contributed by atoms with Gasteiger partial charge in [-0.05, 0) is 13.3 Å². The highest BCUT2D eigenvalue weighted by atomic mass is 19.4. The molecule has 0 heterocycles. The van der Waals surface area contributed by atoms with Gasteiger partial charge in [0, 0.05) is 0 Å². The smallest absolute Gasteiger partial charge is 0.400 e. The molecular weight excluding hydrogens is 239 g/mol. The molecule has 0 saturated heterocycles. The van der Waals surface area contributed by atoms with Gasteiger partial charge in [0.05, 0.1) is 0 Å². The molecule has 0 fully saturated rings. The summed E-state index contributed by atoms with van der Waals surface area (Å²) < 4.78 is 36.6. The summed E-state index contributed by atoms with van der Waals surface area (Å²) in [4.78, 5) is 21.9. The van der Waals surface area contributed by atoms with E-state index >= 15 is 0 Å². The highest BCUT2D eigenvalue weighted by Gasteiger charge is 2.42. The number of nitrogens with one attached hydrogen (secondary N) is 1. The second-order valence-electron chi connectivity index (χ2n) is 3.80. The van der Waals surface area contributed by atoms with E-state index in [1.807, 2.05) is 12.2 Å². The van der Waals surface area contributed by atoms with Crippen molar-refractivity contribution in [2.45, 2.75) is 45.3 Å². The fraction of sp³-hybridized carbons (Fsp3) is 0.800. The maximum absolute atomic E-state index is 12.2. The molecule has 17 heavy (non-hydrogen) atoms. The third kappa shape index (κ3) is 5.55. The van der Waals surface area contributed by atoms with Gasteiger partial charge in [-0.3, -0.25) is 4.79 Å². The first-order chi connectivity index (χ1) is 7.70. The Kier molecular flexibility index (Phi) is 5.98. The predicted octanol–water partition coefficient (Wildman–Crippen LogP) is 1.94. The van der Waals surface area contributed by atoms with Crippen LogP contribution in [-0.2, 0) is 9.59 Å². The summed E-state index contributed by atoms with van der Waals surface area (Å²) in [5.41, 5.74) is 0. The summed E-state index contributed by atoms with van der Waals surface area (Å²) in [7, 11) is 0. The maximum atomic E-state index is 12.2. The molecule has 1 amide bonds. The zero-order chi connectivity index (χ0) is 13.6. The Balaban J connectivity index is 4.45. The second-order valence-corrected chi connectivity index (χ2v) is 3.80. The number of aliphatic carboxylic acids is 1. The Morgan fingerprint density at radius 3 is 2.24 bits per heavy atom. The molecule has 7 heteroatoms. The van der Waals surface area contributed by atoms with Gasteiger partial charge in [0.25, 0.3) is 0 Å². The molecule has 2 unspecified atom stereocenters. The normalized spacial score (nSPS) is 15.1. The van der Waals surface area contributed by atoms with Gasteiger partial charge in [-0.15, -0.1) is 0 Å². The van der Waals surface area contributed by atoms with Crippen LogP contribution in [0.2, 0.25) is 0 Å². The zero-order valence-corrected chi connectivity index (χ0v) is 9.67. The third-order valence-corrected chi connectivity index (χ3v) is 2.35. The van der Waals surface area contributed by atoms with E-state index in [1.54, 1.807) is 0 Å². The van der Waals surface area contributed by atoms with Crippen LogP contribution in [0.3, 0.4) is 0 Å². The molecule has 0 aromatic carbocycles. The topological polar surface area (TPSA) is 66.4 Å². The van der Waals surface area contributed by atoms with E-state index in [0.29, 0.717) is 19.8 Å². The van der Waals surface area contributed by atoms with Crippen LogP contribution in [0, 0.1) is 5.92 Å². The van der Waals surface area contributed by atoms with Crippen molar-refractivity contribution in [1.82, 2.24) is 5.32 Å². The molecular formula is C10H16F3NO3. The standard InChI is InChI=1S/C10H16F3NO3/c1-3-4-5-7(9(16)17)14-8(15)6(2)10(11,12)13/h6-7H,3-5H2,1-2H3,(H,14,15)(H,16,17). The lowest BCUT2D eigenvalue weighted by atomic mass is 10.1. The van der Waals surface area contributed by atoms with Crippen LogP contribution in [0.1, 0.15) is 33.1 Å². The van der Waals surface area contributed by atoms with Gasteiger partial charge in [0.2, 0.25) is 5.91 Å². The average Bonchev–Trinajstić information content (AvgIpc) is 2.20. The van der Waals surface area contributed by atoms with Crippen LogP contribution in [0.4, 0.5) is 13.2 Å². The van der Waals surface area contributed by atoms with Crippen LogP contribution in [-0.4, -0.2) is 29.2 Å². The summed E-state index contributed by atoms with van der Waals surface area (Å²) in [6.45, 7) is 2.52. The van der Waals surface area contributed by atoms with E-state index in [0.717, 1.165) is 0 Å². The van der Waals surface area contributed by atoms with E-state index in [2.05, 4.69) is 0 Å². The third-order valence-electron chi connectivity index (χ3n) is 2.35. The summed E-state index contributed by atoms with van der Waals surface area (Å²) in [5.74, 6) is -4.83. The minimum absolute atomic E-state index is 0.127. The molecule has 0 saturated carbocycles. The average molecular weight is 255 g/mol. The Bertz CT molecular complexity index is 278. The van der Waals surface area contributed by atoms with Crippen LogP contribution in [0.15, 0.2) is 0 Å². The van der Waals surface area contributed by atoms with Gasteiger partial charge in [-0.25, -0.2) is 4.79 Å². The highest BCUT2D eigenvalue weighted by Crippen LogP contribution is 2.25. The molecule has 0 rings (SSSR count). The fourth-order valence-corrected chi connectivity index (χ4v) is 1.11. The molecule has 100 valence electrons. The molecule has 0 spiro atoms. The second kappa shape index (κ2) is 6.46. The molecule has 2 atom stereocenters. The number of hydrogen-bond acceptors (Lipinski definition) is 2. The van der Waals surface area contributed by atoms with Crippen LogP contribution >= 0.6 is 0 Å². The lowest BCUT2D eigenvalue weighted by Gasteiger charge is -2.19. The Morgan fingerprint density at radius 2 is 1.88 bits per heavy atom. The quantitative estimate of drug-likeness (QED) is 0.762. The van der Waals surface area contributed by atoms with Gasteiger partial charge in [-0.1, -0.05) is 19.8 Å². The molecule has 0 aliphatic heterocycles. The van der Waals surface area contributed by atoms with E-state index < -0.39 is 30.0 Å². The number of unbranched alkanes of at least 4 members (excludes halogenated alkanes) is 1. The zero-order valence-electron chi connectivity index (χ0n) is 9.67. The molecule has 0 aromatic rings. The first-order valence-corrected chi connectivity index (χ1v) is 5.30. The summed E-state index contributed by atoms with van der Waals surface area (Å²) in [6.07, 6.45) is -3.30. The van der Waals surface area contributed by atoms with Gasteiger partial charge in [-0.2, -0.15) is 13.2 Å². The van der Waals surface area contributed by atoms with Crippen molar-refractivity contribution < 1.29 is 27.9 Å². The Morgan fingerprint density at radius 1 is 1.35 bits per heavy atom. The van der Waals surface area contributed by atoms with Crippen molar-refractivity contribution in [3.63, 3.8) is 0 Å². The molecule has 0 aromatic heterocycles. The summed E-state index contributed by atoms with van der Waals surface area (Å²) in [6, 6.07) is -1.26. The number of halogens is 3. The first kappa shape index (κ1) is 15.7. The Hall–Kier alpha value is -1.27. The number of amides is 1.